The Morgan fingerprint density at radius 2 is 1.93 bits per heavy atom. The van der Waals surface area contributed by atoms with Gasteiger partial charge in [0.25, 0.3) is 10.0 Å². The molecule has 0 spiro atoms. The molecule has 8 nitrogen and oxygen atoms in total. The van der Waals surface area contributed by atoms with Gasteiger partial charge in [0.15, 0.2) is 5.58 Å². The lowest BCUT2D eigenvalue weighted by atomic mass is 10.0. The van der Waals surface area contributed by atoms with Gasteiger partial charge in [0.05, 0.1) is 16.6 Å². The van der Waals surface area contributed by atoms with E-state index in [1.165, 1.54) is 30.5 Å². The molecule has 3 aromatic carbocycles. The number of phenols is 1. The van der Waals surface area contributed by atoms with E-state index in [4.69, 9.17) is 4.42 Å². The van der Waals surface area contributed by atoms with Crippen molar-refractivity contribution >= 4 is 38.1 Å². The SMILES string of the molecule is O=c1[nH]c2ccc(S(=O)(=O)N/N=C/c3c(O)ccc4ccccc34)cc2o1. The second-order valence-corrected chi connectivity index (χ2v) is 7.41. The molecule has 0 bridgehead atoms. The second kappa shape index (κ2) is 6.29. The Bertz CT molecular complexity index is 1350. The summed E-state index contributed by atoms with van der Waals surface area (Å²) in [4.78, 5) is 15.6. The zero-order chi connectivity index (χ0) is 19.0. The highest BCUT2D eigenvalue weighted by Gasteiger charge is 2.15. The van der Waals surface area contributed by atoms with E-state index in [9.17, 15) is 18.3 Å². The van der Waals surface area contributed by atoms with Crippen molar-refractivity contribution in [1.82, 2.24) is 9.82 Å². The van der Waals surface area contributed by atoms with Gasteiger partial charge in [0, 0.05) is 11.6 Å². The number of phenolic OH excluding ortho intramolecular Hbond substituents is 1. The normalized spacial score (nSPS) is 12.1. The van der Waals surface area contributed by atoms with Crippen LogP contribution in [0.15, 0.2) is 73.8 Å². The summed E-state index contributed by atoms with van der Waals surface area (Å²) in [5.74, 6) is -0.691. The van der Waals surface area contributed by atoms with Crippen LogP contribution in [-0.4, -0.2) is 24.7 Å². The Kier molecular flexibility index (Phi) is 3.93. The van der Waals surface area contributed by atoms with Crippen LogP contribution in [0.25, 0.3) is 21.9 Å². The molecule has 0 atom stereocenters. The van der Waals surface area contributed by atoms with Crippen molar-refractivity contribution in [1.29, 1.82) is 0 Å². The number of hydrazone groups is 1. The molecule has 1 aromatic heterocycles. The van der Waals surface area contributed by atoms with E-state index in [1.807, 2.05) is 18.2 Å². The monoisotopic (exact) mass is 383 g/mol. The Morgan fingerprint density at radius 1 is 1.11 bits per heavy atom. The van der Waals surface area contributed by atoms with Crippen molar-refractivity contribution in [2.75, 3.05) is 0 Å². The highest BCUT2D eigenvalue weighted by Crippen LogP contribution is 2.25. The number of nitrogens with one attached hydrogen (secondary N) is 2. The topological polar surface area (TPSA) is 125 Å². The second-order valence-electron chi connectivity index (χ2n) is 5.74. The lowest BCUT2D eigenvalue weighted by Gasteiger charge is -2.06. The van der Waals surface area contributed by atoms with Gasteiger partial charge >= 0.3 is 5.76 Å². The molecule has 1 heterocycles. The van der Waals surface area contributed by atoms with Gasteiger partial charge in [0.2, 0.25) is 0 Å². The van der Waals surface area contributed by atoms with Gasteiger partial charge in [-0.2, -0.15) is 13.5 Å². The summed E-state index contributed by atoms with van der Waals surface area (Å²) in [6, 6.07) is 14.6. The van der Waals surface area contributed by atoms with Crippen LogP contribution in [0.2, 0.25) is 0 Å². The van der Waals surface area contributed by atoms with Gasteiger partial charge in [0.1, 0.15) is 5.75 Å². The molecule has 0 aliphatic carbocycles. The van der Waals surface area contributed by atoms with Gasteiger partial charge in [-0.05, 0) is 29.0 Å². The number of oxazole rings is 1. The summed E-state index contributed by atoms with van der Waals surface area (Å²) in [6.45, 7) is 0. The summed E-state index contributed by atoms with van der Waals surface area (Å²) in [6.07, 6.45) is 1.24. The summed E-state index contributed by atoms with van der Waals surface area (Å²) in [5.41, 5.74) is 0.907. The summed E-state index contributed by atoms with van der Waals surface area (Å²) in [5, 5.41) is 15.4. The fourth-order valence-corrected chi connectivity index (χ4v) is 3.53. The number of H-pyrrole nitrogens is 1. The smallest absolute Gasteiger partial charge is 0.417 e. The molecule has 0 saturated carbocycles. The molecular weight excluding hydrogens is 370 g/mol. The molecule has 0 radical (unpaired) electrons. The van der Waals surface area contributed by atoms with Crippen LogP contribution < -0.4 is 10.6 Å². The minimum absolute atomic E-state index is 0.0211. The predicted octanol–water partition coefficient (Wildman–Crippen LogP) is 2.29. The zero-order valence-electron chi connectivity index (χ0n) is 13.7. The van der Waals surface area contributed by atoms with Crippen molar-refractivity contribution in [2.45, 2.75) is 4.90 Å². The van der Waals surface area contributed by atoms with Crippen molar-refractivity contribution in [3.63, 3.8) is 0 Å². The first-order valence-corrected chi connectivity index (χ1v) is 9.31. The summed E-state index contributed by atoms with van der Waals surface area (Å²) in [7, 11) is -3.98. The largest absolute Gasteiger partial charge is 0.507 e. The molecule has 0 saturated heterocycles. The molecule has 136 valence electrons. The lowest BCUT2D eigenvalue weighted by molar-refractivity contribution is 0.475. The average Bonchev–Trinajstić information content (AvgIpc) is 3.02. The number of nitrogens with zero attached hydrogens (tertiary/aromatic N) is 1. The fourth-order valence-electron chi connectivity index (χ4n) is 2.73. The molecule has 0 amide bonds. The molecule has 27 heavy (non-hydrogen) atoms. The third kappa shape index (κ3) is 3.15. The van der Waals surface area contributed by atoms with Crippen molar-refractivity contribution < 1.29 is 17.9 Å². The third-order valence-electron chi connectivity index (χ3n) is 4.02. The van der Waals surface area contributed by atoms with Crippen LogP contribution in [0.5, 0.6) is 5.75 Å². The lowest BCUT2D eigenvalue weighted by Crippen LogP contribution is -2.18. The Hall–Kier alpha value is -3.59. The van der Waals surface area contributed by atoms with Crippen LogP contribution in [0.1, 0.15) is 5.56 Å². The number of aromatic amines is 1. The Balaban J connectivity index is 1.65. The van der Waals surface area contributed by atoms with E-state index < -0.39 is 15.8 Å². The Morgan fingerprint density at radius 3 is 2.78 bits per heavy atom. The molecular formula is C18H13N3O5S. The number of aromatic nitrogens is 1. The van der Waals surface area contributed by atoms with E-state index >= 15 is 0 Å². The first-order valence-electron chi connectivity index (χ1n) is 7.82. The molecule has 0 fully saturated rings. The van der Waals surface area contributed by atoms with E-state index in [0.717, 1.165) is 10.8 Å². The first kappa shape index (κ1) is 16.9. The van der Waals surface area contributed by atoms with Crippen molar-refractivity contribution in [3.8, 4) is 5.75 Å². The van der Waals surface area contributed by atoms with E-state index in [1.54, 1.807) is 12.1 Å². The molecule has 0 aliphatic rings. The van der Waals surface area contributed by atoms with Crippen LogP contribution in [0.3, 0.4) is 0 Å². The van der Waals surface area contributed by atoms with Crippen LogP contribution in [-0.2, 0) is 10.0 Å². The van der Waals surface area contributed by atoms with Crippen LogP contribution in [0.4, 0.5) is 0 Å². The number of benzene rings is 3. The van der Waals surface area contributed by atoms with Crippen molar-refractivity contribution in [3.05, 3.63) is 70.7 Å². The van der Waals surface area contributed by atoms with E-state index in [2.05, 4.69) is 14.9 Å². The van der Waals surface area contributed by atoms with Crippen LogP contribution in [0, 0.1) is 0 Å². The quantitative estimate of drug-likeness (QED) is 0.368. The van der Waals surface area contributed by atoms with Gasteiger partial charge in [-0.25, -0.2) is 9.63 Å². The number of sulfonamides is 1. The minimum Gasteiger partial charge on any atom is -0.507 e. The minimum atomic E-state index is -3.98. The van der Waals surface area contributed by atoms with Crippen molar-refractivity contribution in [2.24, 2.45) is 5.10 Å². The van der Waals surface area contributed by atoms with E-state index in [-0.39, 0.29) is 16.2 Å². The average molecular weight is 383 g/mol. The van der Waals surface area contributed by atoms with E-state index in [0.29, 0.717) is 11.1 Å². The number of rotatable bonds is 4. The molecule has 4 rings (SSSR count). The van der Waals surface area contributed by atoms with Gasteiger partial charge < -0.3 is 9.52 Å². The van der Waals surface area contributed by atoms with Gasteiger partial charge in [-0.3, -0.25) is 4.98 Å². The third-order valence-corrected chi connectivity index (χ3v) is 5.24. The maximum atomic E-state index is 12.4. The maximum Gasteiger partial charge on any atom is 0.417 e. The zero-order valence-corrected chi connectivity index (χ0v) is 14.5. The maximum absolute atomic E-state index is 12.4. The number of fused-ring (bicyclic) bond motifs is 2. The standard InChI is InChI=1S/C18H13N3O5S/c22-16-8-5-11-3-1-2-4-13(11)14(16)10-19-21-27(24,25)12-6-7-15-17(9-12)26-18(23)20-15/h1-10,21-22H,(H,20,23)/b19-10+. The molecule has 0 unspecified atom stereocenters. The first-order chi connectivity index (χ1) is 12.9. The summed E-state index contributed by atoms with van der Waals surface area (Å²) >= 11 is 0. The highest BCUT2D eigenvalue weighted by atomic mass is 32.2. The van der Waals surface area contributed by atoms with Gasteiger partial charge in [-0.15, -0.1) is 0 Å². The fraction of sp³-hybridized carbons (Fsp3) is 0. The summed E-state index contributed by atoms with van der Waals surface area (Å²) < 4.78 is 29.7. The predicted molar refractivity (Wildman–Crippen MR) is 100 cm³/mol. The number of aromatic hydroxyl groups is 1. The molecule has 9 heteroatoms. The highest BCUT2D eigenvalue weighted by molar-refractivity contribution is 7.89. The molecule has 0 aliphatic heterocycles. The Labute approximate surface area is 152 Å². The molecule has 4 aromatic rings. The van der Waals surface area contributed by atoms with Gasteiger partial charge in [-0.1, -0.05) is 30.3 Å². The number of hydrogen-bond donors (Lipinski definition) is 3. The number of hydrogen-bond acceptors (Lipinski definition) is 6. The molecule has 3 N–H and O–H groups in total. The van der Waals surface area contributed by atoms with Crippen LogP contribution >= 0.6 is 0 Å².